The summed E-state index contributed by atoms with van der Waals surface area (Å²) in [5, 5.41) is 9.07. The van der Waals surface area contributed by atoms with Gasteiger partial charge in [0.15, 0.2) is 17.5 Å². The van der Waals surface area contributed by atoms with E-state index in [2.05, 4.69) is 45.6 Å². The molecule has 1 aliphatic rings. The van der Waals surface area contributed by atoms with Gasteiger partial charge in [-0.15, -0.1) is 0 Å². The first kappa shape index (κ1) is 20.8. The Morgan fingerprint density at radius 1 is 1.13 bits per heavy atom. The minimum atomic E-state index is -3.54. The molecule has 0 aliphatic carbocycles. The molecule has 13 heteroatoms. The minimum absolute atomic E-state index is 0.0108. The average molecular weight is 445 g/mol. The molecular formula is C18H20FN9O2S. The Balaban J connectivity index is 1.49. The largest absolute Gasteiger partial charge is 0.362 e. The Kier molecular flexibility index (Phi) is 5.86. The number of fused-ring (bicyclic) bond motifs is 1. The molecule has 0 bridgehead atoms. The van der Waals surface area contributed by atoms with E-state index in [0.29, 0.717) is 5.82 Å². The molecule has 0 unspecified atom stereocenters. The molecule has 0 spiro atoms. The fourth-order valence-electron chi connectivity index (χ4n) is 3.00. The summed E-state index contributed by atoms with van der Waals surface area (Å²) in [7, 11) is -3.54. The van der Waals surface area contributed by atoms with Gasteiger partial charge in [0, 0.05) is 37.6 Å². The number of anilines is 4. The van der Waals surface area contributed by atoms with Gasteiger partial charge >= 0.3 is 0 Å². The van der Waals surface area contributed by atoms with Gasteiger partial charge in [-0.25, -0.2) is 27.8 Å². The fraction of sp³-hybridized carbons (Fsp3) is 0.278. The second kappa shape index (κ2) is 8.73. The SMILES string of the molecule is CS(=O)(=O)Nc1nccnc1CNc1nc(Nc2ccc3c(n2)CCNC3)ncc1F. The van der Waals surface area contributed by atoms with Crippen LogP contribution in [0.1, 0.15) is 17.0 Å². The predicted molar refractivity (Wildman–Crippen MR) is 113 cm³/mol. The zero-order valence-electron chi connectivity index (χ0n) is 16.6. The van der Waals surface area contributed by atoms with Crippen LogP contribution < -0.4 is 20.7 Å². The summed E-state index contributed by atoms with van der Waals surface area (Å²) in [5.74, 6) is 0.0379. The topological polar surface area (TPSA) is 147 Å². The van der Waals surface area contributed by atoms with E-state index in [1.165, 1.54) is 12.4 Å². The lowest BCUT2D eigenvalue weighted by Crippen LogP contribution is -2.24. The molecule has 1 aliphatic heterocycles. The quantitative estimate of drug-likeness (QED) is 0.418. The summed E-state index contributed by atoms with van der Waals surface area (Å²) in [6.07, 6.45) is 5.62. The maximum absolute atomic E-state index is 14.2. The molecule has 4 heterocycles. The van der Waals surface area contributed by atoms with Crippen LogP contribution in [-0.4, -0.2) is 46.1 Å². The molecule has 0 saturated heterocycles. The summed E-state index contributed by atoms with van der Waals surface area (Å²) >= 11 is 0. The number of pyridine rings is 1. The molecule has 162 valence electrons. The number of sulfonamides is 1. The minimum Gasteiger partial charge on any atom is -0.362 e. The summed E-state index contributed by atoms with van der Waals surface area (Å²) in [6.45, 7) is 1.63. The van der Waals surface area contributed by atoms with E-state index < -0.39 is 15.8 Å². The Hall–Kier alpha value is -3.45. The average Bonchev–Trinajstić information content (AvgIpc) is 2.74. The van der Waals surface area contributed by atoms with Crippen molar-refractivity contribution >= 4 is 33.4 Å². The molecule has 3 aromatic heterocycles. The van der Waals surface area contributed by atoms with Crippen molar-refractivity contribution in [1.82, 2.24) is 30.2 Å². The third kappa shape index (κ3) is 5.38. The van der Waals surface area contributed by atoms with Crippen LogP contribution in [0.25, 0.3) is 0 Å². The maximum Gasteiger partial charge on any atom is 0.231 e. The van der Waals surface area contributed by atoms with Crippen LogP contribution in [0.2, 0.25) is 0 Å². The smallest absolute Gasteiger partial charge is 0.231 e. The zero-order chi connectivity index (χ0) is 21.8. The first-order valence-corrected chi connectivity index (χ1v) is 11.3. The molecule has 11 nitrogen and oxygen atoms in total. The number of hydrogen-bond donors (Lipinski definition) is 4. The molecule has 31 heavy (non-hydrogen) atoms. The van der Waals surface area contributed by atoms with Crippen LogP contribution in [0.4, 0.5) is 27.8 Å². The second-order valence-electron chi connectivity index (χ2n) is 6.82. The van der Waals surface area contributed by atoms with Crippen molar-refractivity contribution in [2.24, 2.45) is 0 Å². The number of halogens is 1. The van der Waals surface area contributed by atoms with E-state index in [4.69, 9.17) is 0 Å². The number of nitrogens with one attached hydrogen (secondary N) is 4. The van der Waals surface area contributed by atoms with Crippen molar-refractivity contribution in [3.05, 3.63) is 53.5 Å². The van der Waals surface area contributed by atoms with Gasteiger partial charge in [0.05, 0.1) is 19.0 Å². The highest BCUT2D eigenvalue weighted by Gasteiger charge is 2.14. The molecule has 3 aromatic rings. The van der Waals surface area contributed by atoms with Crippen LogP contribution in [0.3, 0.4) is 0 Å². The molecule has 0 radical (unpaired) electrons. The standard InChI is InChI=1S/C18H20FN9O2S/c1-31(29,30)28-17-14(21-6-7-22-17)10-23-16-12(19)9-24-18(27-16)26-15-3-2-11-8-20-5-4-13(11)25-15/h2-3,6-7,9,20H,4-5,8,10H2,1H3,(H,22,28)(H2,23,24,25,26,27). The molecule has 4 N–H and O–H groups in total. The Morgan fingerprint density at radius 3 is 2.81 bits per heavy atom. The molecule has 0 fully saturated rings. The molecule has 0 amide bonds. The van der Waals surface area contributed by atoms with Crippen LogP contribution in [0.5, 0.6) is 0 Å². The first-order valence-electron chi connectivity index (χ1n) is 9.38. The first-order chi connectivity index (χ1) is 14.9. The molecule has 0 aromatic carbocycles. The Bertz CT molecular complexity index is 1210. The van der Waals surface area contributed by atoms with E-state index in [1.54, 1.807) is 0 Å². The highest BCUT2D eigenvalue weighted by molar-refractivity contribution is 7.92. The van der Waals surface area contributed by atoms with Gasteiger partial charge < -0.3 is 16.0 Å². The van der Waals surface area contributed by atoms with Gasteiger partial charge in [0.25, 0.3) is 0 Å². The normalized spacial score (nSPS) is 13.4. The highest BCUT2D eigenvalue weighted by Crippen LogP contribution is 2.20. The van der Waals surface area contributed by atoms with Crippen LogP contribution in [-0.2, 0) is 29.5 Å². The summed E-state index contributed by atoms with van der Waals surface area (Å²) < 4.78 is 39.5. The number of rotatable bonds is 7. The van der Waals surface area contributed by atoms with Gasteiger partial charge in [0.2, 0.25) is 16.0 Å². The van der Waals surface area contributed by atoms with Crippen molar-refractivity contribution in [2.75, 3.05) is 28.2 Å². The van der Waals surface area contributed by atoms with Gasteiger partial charge in [-0.2, -0.15) is 4.98 Å². The zero-order valence-corrected chi connectivity index (χ0v) is 17.4. The molecular weight excluding hydrogens is 425 g/mol. The molecule has 0 atom stereocenters. The van der Waals surface area contributed by atoms with Crippen molar-refractivity contribution in [3.63, 3.8) is 0 Å². The lowest BCUT2D eigenvalue weighted by Gasteiger charge is -2.17. The van der Waals surface area contributed by atoms with Crippen molar-refractivity contribution < 1.29 is 12.8 Å². The predicted octanol–water partition coefficient (Wildman–Crippen LogP) is 1.17. The number of hydrogen-bond acceptors (Lipinski definition) is 10. The van der Waals surface area contributed by atoms with Crippen molar-refractivity contribution in [2.45, 2.75) is 19.5 Å². The monoisotopic (exact) mass is 445 g/mol. The van der Waals surface area contributed by atoms with Crippen LogP contribution in [0, 0.1) is 5.82 Å². The summed E-state index contributed by atoms with van der Waals surface area (Å²) in [6, 6.07) is 3.79. The number of nitrogens with zero attached hydrogens (tertiary/aromatic N) is 5. The third-order valence-corrected chi connectivity index (χ3v) is 4.95. The molecule has 0 saturated carbocycles. The van der Waals surface area contributed by atoms with E-state index in [1.807, 2.05) is 12.1 Å². The van der Waals surface area contributed by atoms with Crippen molar-refractivity contribution in [1.29, 1.82) is 0 Å². The van der Waals surface area contributed by atoms with Crippen LogP contribution >= 0.6 is 0 Å². The van der Waals surface area contributed by atoms with Crippen molar-refractivity contribution in [3.8, 4) is 0 Å². The number of aromatic nitrogens is 5. The lowest BCUT2D eigenvalue weighted by molar-refractivity contribution is 0.606. The van der Waals surface area contributed by atoms with Gasteiger partial charge in [-0.05, 0) is 11.6 Å². The lowest BCUT2D eigenvalue weighted by atomic mass is 10.1. The third-order valence-electron chi connectivity index (χ3n) is 4.39. The van der Waals surface area contributed by atoms with Gasteiger partial charge in [0.1, 0.15) is 11.5 Å². The highest BCUT2D eigenvalue weighted by atomic mass is 32.2. The fourth-order valence-corrected chi connectivity index (χ4v) is 3.52. The maximum atomic E-state index is 14.2. The second-order valence-corrected chi connectivity index (χ2v) is 8.57. The van der Waals surface area contributed by atoms with Crippen LogP contribution in [0.15, 0.2) is 30.7 Å². The van der Waals surface area contributed by atoms with E-state index in [9.17, 15) is 12.8 Å². The Morgan fingerprint density at radius 2 is 1.97 bits per heavy atom. The summed E-state index contributed by atoms with van der Waals surface area (Å²) in [4.78, 5) is 20.7. The van der Waals surface area contributed by atoms with Gasteiger partial charge in [-0.1, -0.05) is 6.07 Å². The van der Waals surface area contributed by atoms with E-state index in [-0.39, 0.29) is 29.8 Å². The Labute approximate surface area is 178 Å². The van der Waals surface area contributed by atoms with E-state index in [0.717, 1.165) is 43.2 Å². The van der Waals surface area contributed by atoms with Gasteiger partial charge in [-0.3, -0.25) is 9.71 Å². The summed E-state index contributed by atoms with van der Waals surface area (Å²) in [5.41, 5.74) is 2.42. The molecule has 4 rings (SSSR count). The van der Waals surface area contributed by atoms with E-state index >= 15 is 0 Å².